The number of allylic oxidation sites excluding steroid dienone is 11. The Morgan fingerprint density at radius 1 is 0.933 bits per heavy atom. The number of rotatable bonds is 2. The van der Waals surface area contributed by atoms with Crippen LogP contribution in [0.25, 0.3) is 0 Å². The highest BCUT2D eigenvalue weighted by Crippen LogP contribution is 2.47. The summed E-state index contributed by atoms with van der Waals surface area (Å²) in [6.07, 6.45) is 26.9. The summed E-state index contributed by atoms with van der Waals surface area (Å²) in [4.78, 5) is 0. The van der Waals surface area contributed by atoms with E-state index in [1.165, 1.54) is 37.7 Å². The lowest BCUT2D eigenvalue weighted by atomic mass is 9.66. The van der Waals surface area contributed by atoms with E-state index in [-0.39, 0.29) is 0 Å². The molecule has 0 amide bonds. The molecule has 162 valence electrons. The molecule has 2 N–H and O–H groups in total. The lowest BCUT2D eigenvalue weighted by Crippen LogP contribution is -2.29. The first kappa shape index (κ1) is 21.5. The second-order valence-electron chi connectivity index (χ2n) is 10.7. The summed E-state index contributed by atoms with van der Waals surface area (Å²) in [5.41, 5.74) is 12.0. The molecule has 0 saturated heterocycles. The SMILES string of the molecule is CC1CCCC2=C(C=CC(C)[C@@H]2C2CC=CC([C@H]3C=CC(N)=C[C@H](C)C3)=C[C@@H]2C)C1. The van der Waals surface area contributed by atoms with E-state index in [0.29, 0.717) is 35.5 Å². The van der Waals surface area contributed by atoms with Crippen LogP contribution in [0.15, 0.2) is 71.0 Å². The summed E-state index contributed by atoms with van der Waals surface area (Å²) in [6, 6.07) is 0. The van der Waals surface area contributed by atoms with Gasteiger partial charge in [-0.2, -0.15) is 0 Å². The van der Waals surface area contributed by atoms with Crippen LogP contribution in [0.4, 0.5) is 0 Å². The zero-order chi connectivity index (χ0) is 21.3. The van der Waals surface area contributed by atoms with Crippen LogP contribution in [-0.2, 0) is 0 Å². The Bertz CT molecular complexity index is 817. The number of nitrogens with two attached hydrogens (primary N) is 1. The smallest absolute Gasteiger partial charge is 0.0273 e. The van der Waals surface area contributed by atoms with Gasteiger partial charge in [0.05, 0.1) is 0 Å². The fourth-order valence-electron chi connectivity index (χ4n) is 6.50. The summed E-state index contributed by atoms with van der Waals surface area (Å²) >= 11 is 0. The summed E-state index contributed by atoms with van der Waals surface area (Å²) in [6.45, 7) is 9.65. The van der Waals surface area contributed by atoms with Gasteiger partial charge in [-0.25, -0.2) is 0 Å². The molecule has 4 aliphatic rings. The Balaban J connectivity index is 1.60. The average molecular weight is 404 g/mol. The molecule has 0 aliphatic heterocycles. The van der Waals surface area contributed by atoms with E-state index in [4.69, 9.17) is 5.73 Å². The van der Waals surface area contributed by atoms with Crippen LogP contribution >= 0.6 is 0 Å². The van der Waals surface area contributed by atoms with Gasteiger partial charge in [-0.05, 0) is 84.8 Å². The summed E-state index contributed by atoms with van der Waals surface area (Å²) < 4.78 is 0. The zero-order valence-electron chi connectivity index (χ0n) is 19.5. The number of hydrogen-bond acceptors (Lipinski definition) is 1. The zero-order valence-corrected chi connectivity index (χ0v) is 19.5. The third-order valence-corrected chi connectivity index (χ3v) is 8.06. The van der Waals surface area contributed by atoms with E-state index in [1.54, 1.807) is 11.1 Å². The average Bonchev–Trinajstić information content (AvgIpc) is 3.07. The lowest BCUT2D eigenvalue weighted by Gasteiger charge is -2.38. The maximum atomic E-state index is 6.12. The molecule has 1 heteroatoms. The minimum atomic E-state index is 0.479. The van der Waals surface area contributed by atoms with Crippen molar-refractivity contribution < 1.29 is 0 Å². The highest BCUT2D eigenvalue weighted by atomic mass is 14.6. The predicted octanol–water partition coefficient (Wildman–Crippen LogP) is 7.51. The van der Waals surface area contributed by atoms with Crippen LogP contribution in [0.1, 0.15) is 66.2 Å². The molecular weight excluding hydrogens is 362 g/mol. The van der Waals surface area contributed by atoms with Crippen LogP contribution in [0.5, 0.6) is 0 Å². The van der Waals surface area contributed by atoms with Gasteiger partial charge in [0, 0.05) is 11.6 Å². The molecular formula is C29H41N. The van der Waals surface area contributed by atoms with Crippen LogP contribution in [-0.4, -0.2) is 0 Å². The largest absolute Gasteiger partial charge is 0.399 e. The van der Waals surface area contributed by atoms with Crippen molar-refractivity contribution in [2.75, 3.05) is 0 Å². The highest BCUT2D eigenvalue weighted by molar-refractivity contribution is 5.37. The lowest BCUT2D eigenvalue weighted by molar-refractivity contribution is 0.256. The van der Waals surface area contributed by atoms with E-state index >= 15 is 0 Å². The van der Waals surface area contributed by atoms with Gasteiger partial charge in [-0.3, -0.25) is 0 Å². The molecule has 1 nitrogen and oxygen atoms in total. The summed E-state index contributed by atoms with van der Waals surface area (Å²) in [5, 5.41) is 0. The molecule has 0 radical (unpaired) electrons. The van der Waals surface area contributed by atoms with Gasteiger partial charge in [0.25, 0.3) is 0 Å². The Labute approximate surface area is 184 Å². The van der Waals surface area contributed by atoms with Crippen LogP contribution in [0.2, 0.25) is 0 Å². The molecule has 7 atom stereocenters. The third kappa shape index (κ3) is 4.61. The fourth-order valence-corrected chi connectivity index (χ4v) is 6.50. The van der Waals surface area contributed by atoms with Crippen molar-refractivity contribution in [2.45, 2.75) is 66.2 Å². The number of hydrogen-bond donors (Lipinski definition) is 1. The molecule has 0 aromatic carbocycles. The molecule has 30 heavy (non-hydrogen) atoms. The van der Waals surface area contributed by atoms with Crippen LogP contribution in [0, 0.1) is 41.4 Å². The van der Waals surface area contributed by atoms with Gasteiger partial charge in [-0.15, -0.1) is 0 Å². The third-order valence-electron chi connectivity index (χ3n) is 8.06. The Kier molecular flexibility index (Phi) is 6.56. The summed E-state index contributed by atoms with van der Waals surface area (Å²) in [7, 11) is 0. The van der Waals surface area contributed by atoms with Crippen molar-refractivity contribution in [3.63, 3.8) is 0 Å². The van der Waals surface area contributed by atoms with E-state index in [0.717, 1.165) is 18.0 Å². The first-order valence-electron chi connectivity index (χ1n) is 12.4. The van der Waals surface area contributed by atoms with Crippen LogP contribution < -0.4 is 5.73 Å². The fraction of sp³-hybridized carbons (Fsp3) is 0.586. The van der Waals surface area contributed by atoms with Gasteiger partial charge in [0.1, 0.15) is 0 Å². The maximum absolute atomic E-state index is 6.12. The van der Waals surface area contributed by atoms with Crippen molar-refractivity contribution in [3.05, 3.63) is 71.0 Å². The van der Waals surface area contributed by atoms with Gasteiger partial charge in [0.2, 0.25) is 0 Å². The molecule has 0 aromatic rings. The second-order valence-corrected chi connectivity index (χ2v) is 10.7. The van der Waals surface area contributed by atoms with E-state index in [1.807, 2.05) is 0 Å². The van der Waals surface area contributed by atoms with Crippen molar-refractivity contribution in [2.24, 2.45) is 47.2 Å². The van der Waals surface area contributed by atoms with E-state index in [2.05, 4.69) is 76.3 Å². The minimum Gasteiger partial charge on any atom is -0.399 e. The van der Waals surface area contributed by atoms with Crippen molar-refractivity contribution >= 4 is 0 Å². The first-order chi connectivity index (χ1) is 14.4. The van der Waals surface area contributed by atoms with Gasteiger partial charge in [-0.1, -0.05) is 82.2 Å². The van der Waals surface area contributed by atoms with Crippen molar-refractivity contribution in [1.29, 1.82) is 0 Å². The predicted molar refractivity (Wildman–Crippen MR) is 130 cm³/mol. The Morgan fingerprint density at radius 2 is 1.77 bits per heavy atom. The Morgan fingerprint density at radius 3 is 2.60 bits per heavy atom. The molecule has 0 bridgehead atoms. The molecule has 0 aromatic heterocycles. The van der Waals surface area contributed by atoms with Crippen LogP contribution in [0.3, 0.4) is 0 Å². The molecule has 0 saturated carbocycles. The van der Waals surface area contributed by atoms with Crippen molar-refractivity contribution in [1.82, 2.24) is 0 Å². The Hall–Kier alpha value is -1.76. The van der Waals surface area contributed by atoms with E-state index in [9.17, 15) is 0 Å². The second kappa shape index (κ2) is 9.16. The van der Waals surface area contributed by atoms with Gasteiger partial charge < -0.3 is 5.73 Å². The molecule has 3 unspecified atom stereocenters. The normalized spacial score (nSPS) is 39.5. The monoisotopic (exact) mass is 403 g/mol. The topological polar surface area (TPSA) is 26.0 Å². The molecule has 4 aliphatic carbocycles. The van der Waals surface area contributed by atoms with Gasteiger partial charge in [0.15, 0.2) is 0 Å². The first-order valence-corrected chi connectivity index (χ1v) is 12.4. The maximum Gasteiger partial charge on any atom is 0.0273 e. The molecule has 0 spiro atoms. The van der Waals surface area contributed by atoms with E-state index < -0.39 is 0 Å². The highest BCUT2D eigenvalue weighted by Gasteiger charge is 2.36. The van der Waals surface area contributed by atoms with Gasteiger partial charge >= 0.3 is 0 Å². The minimum absolute atomic E-state index is 0.479. The summed E-state index contributed by atoms with van der Waals surface area (Å²) in [5.74, 6) is 4.48. The van der Waals surface area contributed by atoms with Crippen molar-refractivity contribution in [3.8, 4) is 0 Å². The quantitative estimate of drug-likeness (QED) is 0.507. The molecule has 0 heterocycles. The molecule has 4 rings (SSSR count). The molecule has 0 fully saturated rings. The standard InChI is InChI=1S/C29H41N/c1-19-7-5-10-28-25(15-19)12-11-21(3)29(28)27-9-6-8-23(18-22(27)4)24-13-14-26(30)17-20(2)16-24/h6,8,11-14,17-22,24,27,29H,5,7,9-10,15-16,30H2,1-4H3/t19?,20-,21?,22+,24+,27?,29-/m1/s1.